The number of hydrogen-bond donors (Lipinski definition) is 0. The average molecular weight is 680 g/mol. The summed E-state index contributed by atoms with van der Waals surface area (Å²) in [5.74, 6) is 0. The van der Waals surface area contributed by atoms with Crippen LogP contribution in [0.2, 0.25) is 0 Å². The number of rotatable bonds is 5. The molecule has 0 bridgehead atoms. The molecule has 0 N–H and O–H groups in total. The molecule has 1 aliphatic heterocycles. The molecule has 53 heavy (non-hydrogen) atoms. The molecule has 0 amide bonds. The number of benzene rings is 8. The molecule has 0 saturated heterocycles. The van der Waals surface area contributed by atoms with E-state index < -0.39 is 0 Å². The molecule has 0 unspecified atom stereocenters. The van der Waals surface area contributed by atoms with Gasteiger partial charge < -0.3 is 4.90 Å². The minimum atomic E-state index is -0.0655. The fraction of sp³-hybridized carbons (Fsp3) is 0.115. The molecule has 10 rings (SSSR count). The van der Waals surface area contributed by atoms with Gasteiger partial charge in [0.2, 0.25) is 0 Å². The lowest BCUT2D eigenvalue weighted by molar-refractivity contribution is 0.344. The Morgan fingerprint density at radius 3 is 1.47 bits per heavy atom. The number of anilines is 3. The van der Waals surface area contributed by atoms with E-state index in [-0.39, 0.29) is 5.41 Å². The van der Waals surface area contributed by atoms with Crippen LogP contribution >= 0.6 is 0 Å². The van der Waals surface area contributed by atoms with Crippen molar-refractivity contribution in [1.29, 1.82) is 0 Å². The monoisotopic (exact) mass is 679 g/mol. The Balaban J connectivity index is 1.16. The van der Waals surface area contributed by atoms with Crippen LogP contribution in [0.3, 0.4) is 0 Å². The quantitative estimate of drug-likeness (QED) is 0.175. The Morgan fingerprint density at radius 2 is 0.830 bits per heavy atom. The molecule has 1 aliphatic carbocycles. The van der Waals surface area contributed by atoms with Crippen LogP contribution in [0.25, 0.3) is 55.3 Å². The van der Waals surface area contributed by atoms with Crippen LogP contribution in [0.4, 0.5) is 17.1 Å². The number of hydrogen-bond acceptors (Lipinski definition) is 1. The molecule has 1 spiro atoms. The van der Waals surface area contributed by atoms with Crippen LogP contribution in [0, 0.1) is 0 Å². The minimum absolute atomic E-state index is 0.0655. The van der Waals surface area contributed by atoms with E-state index >= 15 is 0 Å². The Labute approximate surface area is 312 Å². The van der Waals surface area contributed by atoms with E-state index in [1.807, 2.05) is 0 Å². The molecule has 1 saturated carbocycles. The highest BCUT2D eigenvalue weighted by Gasteiger charge is 2.44. The van der Waals surface area contributed by atoms with Gasteiger partial charge in [0.1, 0.15) is 0 Å². The van der Waals surface area contributed by atoms with Crippen LogP contribution in [0.5, 0.6) is 0 Å². The Bertz CT molecular complexity index is 2550. The standard InChI is InChI=1S/C52H41N/c1-4-13-37(14-5-1)39-21-23-41(24-22-39)43-27-31-50-48(35-43)52(33-10-3-11-34-52)49-36-44(47-20-12-18-42-17-8-9-19-46(42)47)28-32-51(49)53(50)45-29-25-40(26-30-45)38-15-6-2-7-16-38/h1-2,4-9,12-32,35-36H,3,10-11,33-34H2. The van der Waals surface area contributed by atoms with E-state index in [4.69, 9.17) is 0 Å². The third-order valence-electron chi connectivity index (χ3n) is 11.9. The van der Waals surface area contributed by atoms with Crippen molar-refractivity contribution >= 4 is 27.8 Å². The maximum absolute atomic E-state index is 2.55. The van der Waals surface area contributed by atoms with Gasteiger partial charge in [-0.1, -0.05) is 171 Å². The van der Waals surface area contributed by atoms with Crippen molar-refractivity contribution in [3.63, 3.8) is 0 Å². The third-order valence-corrected chi connectivity index (χ3v) is 11.9. The predicted octanol–water partition coefficient (Wildman–Crippen LogP) is 14.5. The average Bonchev–Trinajstić information content (AvgIpc) is 3.25. The summed E-state index contributed by atoms with van der Waals surface area (Å²) < 4.78 is 0. The van der Waals surface area contributed by atoms with Gasteiger partial charge in [0.25, 0.3) is 0 Å². The SMILES string of the molecule is c1ccc(-c2ccc(-c3ccc4c(c3)C3(CCCCC3)c3cc(-c5cccc6ccccc56)ccc3N4c3ccc(-c4ccccc4)cc3)cc2)cc1. The van der Waals surface area contributed by atoms with Crippen molar-refractivity contribution in [2.75, 3.05) is 4.90 Å². The summed E-state index contributed by atoms with van der Waals surface area (Å²) in [5, 5.41) is 2.59. The molecule has 1 heteroatoms. The Hall–Kier alpha value is -6.18. The molecule has 8 aromatic rings. The molecule has 2 aliphatic rings. The second kappa shape index (κ2) is 13.1. The summed E-state index contributed by atoms with van der Waals surface area (Å²) in [6.45, 7) is 0. The largest absolute Gasteiger partial charge is 0.310 e. The summed E-state index contributed by atoms with van der Waals surface area (Å²) in [7, 11) is 0. The highest BCUT2D eigenvalue weighted by atomic mass is 15.2. The zero-order chi connectivity index (χ0) is 35.2. The lowest BCUT2D eigenvalue weighted by Crippen LogP contribution is -2.37. The number of nitrogens with zero attached hydrogens (tertiary/aromatic N) is 1. The van der Waals surface area contributed by atoms with Crippen LogP contribution in [0.1, 0.15) is 43.2 Å². The second-order valence-electron chi connectivity index (χ2n) is 14.8. The van der Waals surface area contributed by atoms with Crippen molar-refractivity contribution in [3.05, 3.63) is 199 Å². The first-order valence-electron chi connectivity index (χ1n) is 19.1. The molecular formula is C52H41N. The Morgan fingerprint density at radius 1 is 0.358 bits per heavy atom. The van der Waals surface area contributed by atoms with E-state index in [0.29, 0.717) is 0 Å². The number of fused-ring (bicyclic) bond motifs is 5. The Kier molecular flexibility index (Phi) is 7.80. The van der Waals surface area contributed by atoms with Gasteiger partial charge in [-0.25, -0.2) is 0 Å². The molecular weight excluding hydrogens is 639 g/mol. The molecule has 0 radical (unpaired) electrons. The van der Waals surface area contributed by atoms with Crippen LogP contribution in [0.15, 0.2) is 188 Å². The normalized spacial score (nSPS) is 14.5. The fourth-order valence-electron chi connectivity index (χ4n) is 9.22. The van der Waals surface area contributed by atoms with Gasteiger partial charge in [0.15, 0.2) is 0 Å². The highest BCUT2D eigenvalue weighted by Crippen LogP contribution is 2.58. The maximum Gasteiger partial charge on any atom is 0.0503 e. The predicted molar refractivity (Wildman–Crippen MR) is 224 cm³/mol. The van der Waals surface area contributed by atoms with E-state index in [1.165, 1.54) is 103 Å². The smallest absolute Gasteiger partial charge is 0.0503 e. The first-order chi connectivity index (χ1) is 26.2. The molecule has 0 atom stereocenters. The van der Waals surface area contributed by atoms with Crippen LogP contribution in [-0.4, -0.2) is 0 Å². The van der Waals surface area contributed by atoms with Crippen molar-refractivity contribution in [1.82, 2.24) is 0 Å². The lowest BCUT2D eigenvalue weighted by Gasteiger charge is -2.48. The molecule has 1 nitrogen and oxygen atoms in total. The first kappa shape index (κ1) is 31.5. The van der Waals surface area contributed by atoms with E-state index in [1.54, 1.807) is 0 Å². The van der Waals surface area contributed by atoms with Crippen molar-refractivity contribution in [3.8, 4) is 44.5 Å². The van der Waals surface area contributed by atoms with Crippen molar-refractivity contribution < 1.29 is 0 Å². The second-order valence-corrected chi connectivity index (χ2v) is 14.8. The van der Waals surface area contributed by atoms with Gasteiger partial charge in [-0.3, -0.25) is 0 Å². The molecule has 254 valence electrons. The molecule has 8 aromatic carbocycles. The zero-order valence-corrected chi connectivity index (χ0v) is 29.9. The van der Waals surface area contributed by atoms with Crippen molar-refractivity contribution in [2.24, 2.45) is 0 Å². The molecule has 0 aromatic heterocycles. The minimum Gasteiger partial charge on any atom is -0.310 e. The molecule has 1 heterocycles. The maximum atomic E-state index is 2.55. The zero-order valence-electron chi connectivity index (χ0n) is 29.9. The van der Waals surface area contributed by atoms with E-state index in [2.05, 4.69) is 193 Å². The van der Waals surface area contributed by atoms with Gasteiger partial charge in [-0.05, 0) is 116 Å². The van der Waals surface area contributed by atoms with Crippen LogP contribution < -0.4 is 4.90 Å². The summed E-state index contributed by atoms with van der Waals surface area (Å²) in [6, 6.07) is 69.8. The van der Waals surface area contributed by atoms with Crippen LogP contribution in [-0.2, 0) is 5.41 Å². The van der Waals surface area contributed by atoms with E-state index in [0.717, 1.165) is 12.8 Å². The van der Waals surface area contributed by atoms with Gasteiger partial charge in [-0.15, -0.1) is 0 Å². The summed E-state index contributed by atoms with van der Waals surface area (Å²) >= 11 is 0. The topological polar surface area (TPSA) is 3.24 Å². The van der Waals surface area contributed by atoms with Gasteiger partial charge in [-0.2, -0.15) is 0 Å². The fourth-order valence-corrected chi connectivity index (χ4v) is 9.22. The van der Waals surface area contributed by atoms with E-state index in [9.17, 15) is 0 Å². The summed E-state index contributed by atoms with van der Waals surface area (Å²) in [4.78, 5) is 2.54. The van der Waals surface area contributed by atoms with Gasteiger partial charge in [0.05, 0.1) is 11.4 Å². The summed E-state index contributed by atoms with van der Waals surface area (Å²) in [5.41, 5.74) is 16.7. The summed E-state index contributed by atoms with van der Waals surface area (Å²) in [6.07, 6.45) is 6.07. The van der Waals surface area contributed by atoms with Gasteiger partial charge in [0, 0.05) is 11.1 Å². The van der Waals surface area contributed by atoms with Gasteiger partial charge >= 0.3 is 0 Å². The van der Waals surface area contributed by atoms with Crippen molar-refractivity contribution in [2.45, 2.75) is 37.5 Å². The third kappa shape index (κ3) is 5.47. The first-order valence-corrected chi connectivity index (χ1v) is 19.1. The molecule has 1 fully saturated rings. The lowest BCUT2D eigenvalue weighted by atomic mass is 9.62. The highest BCUT2D eigenvalue weighted by molar-refractivity contribution is 5.98.